The van der Waals surface area contributed by atoms with Gasteiger partial charge in [-0.25, -0.2) is 17.5 Å². The Kier molecular flexibility index (Phi) is 3.88. The molecule has 0 unspecified atom stereocenters. The van der Waals surface area contributed by atoms with Gasteiger partial charge in [0.1, 0.15) is 0 Å². The number of aromatic carboxylic acids is 1. The van der Waals surface area contributed by atoms with E-state index in [-0.39, 0.29) is 16.7 Å². The van der Waals surface area contributed by atoms with Gasteiger partial charge in [-0.3, -0.25) is 0 Å². The van der Waals surface area contributed by atoms with Crippen LogP contribution in [0.3, 0.4) is 0 Å². The Morgan fingerprint density at radius 1 is 1.40 bits per heavy atom. The summed E-state index contributed by atoms with van der Waals surface area (Å²) < 4.78 is 26.2. The zero-order valence-electron chi connectivity index (χ0n) is 11.7. The van der Waals surface area contributed by atoms with Crippen LogP contribution in [0.4, 0.5) is 0 Å². The van der Waals surface area contributed by atoms with Crippen molar-refractivity contribution < 1.29 is 18.3 Å². The Morgan fingerprint density at radius 2 is 2.10 bits per heavy atom. The number of rotatable bonds is 4. The minimum absolute atomic E-state index is 0.00990. The van der Waals surface area contributed by atoms with Crippen molar-refractivity contribution in [2.45, 2.75) is 26.0 Å². The van der Waals surface area contributed by atoms with E-state index in [1.807, 2.05) is 13.8 Å². The third-order valence-corrected chi connectivity index (χ3v) is 5.36. The van der Waals surface area contributed by atoms with Gasteiger partial charge in [0.15, 0.2) is 0 Å². The van der Waals surface area contributed by atoms with Gasteiger partial charge in [0.05, 0.1) is 11.3 Å². The second kappa shape index (κ2) is 5.18. The number of carboxylic acids is 1. The number of carbonyl (C=O) groups is 1. The minimum atomic E-state index is -3.39. The molecule has 1 heterocycles. The fraction of sp³-hybridized carbons (Fsp3) is 0.500. The first-order valence-electron chi connectivity index (χ1n) is 6.50. The van der Waals surface area contributed by atoms with Crippen molar-refractivity contribution in [2.75, 3.05) is 13.1 Å². The number of hydrogen-bond acceptors (Lipinski definition) is 3. The summed E-state index contributed by atoms with van der Waals surface area (Å²) in [6.45, 7) is 5.16. The molecule has 0 saturated carbocycles. The largest absolute Gasteiger partial charge is 0.478 e. The molecule has 0 amide bonds. The fourth-order valence-corrected chi connectivity index (χ4v) is 4.10. The van der Waals surface area contributed by atoms with Crippen LogP contribution >= 0.6 is 0 Å². The third-order valence-electron chi connectivity index (χ3n) is 3.56. The monoisotopic (exact) mass is 297 g/mol. The molecule has 0 aliphatic carbocycles. The average Bonchev–Trinajstić information content (AvgIpc) is 2.70. The van der Waals surface area contributed by atoms with E-state index in [0.29, 0.717) is 18.7 Å². The van der Waals surface area contributed by atoms with Crippen LogP contribution in [0, 0.1) is 5.41 Å². The Morgan fingerprint density at radius 3 is 2.65 bits per heavy atom. The van der Waals surface area contributed by atoms with E-state index in [0.717, 1.165) is 6.42 Å². The van der Waals surface area contributed by atoms with Crippen molar-refractivity contribution in [1.29, 1.82) is 0 Å². The molecule has 110 valence electrons. The number of nitrogens with zero attached hydrogens (tertiary/aromatic N) is 1. The maximum absolute atomic E-state index is 12.3. The average molecular weight is 297 g/mol. The summed E-state index contributed by atoms with van der Waals surface area (Å²) in [7, 11) is -3.39. The predicted molar refractivity (Wildman–Crippen MR) is 76.0 cm³/mol. The van der Waals surface area contributed by atoms with Gasteiger partial charge in [-0.05, 0) is 29.5 Å². The summed E-state index contributed by atoms with van der Waals surface area (Å²) in [5.41, 5.74) is 0.629. The lowest BCUT2D eigenvalue weighted by Crippen LogP contribution is -2.31. The van der Waals surface area contributed by atoms with Crippen LogP contribution in [0.2, 0.25) is 0 Å². The first-order chi connectivity index (χ1) is 9.20. The second-order valence-corrected chi connectivity index (χ2v) is 7.98. The molecule has 1 aromatic carbocycles. The highest BCUT2D eigenvalue weighted by Crippen LogP contribution is 2.31. The van der Waals surface area contributed by atoms with Crippen molar-refractivity contribution >= 4 is 16.0 Å². The molecule has 1 aliphatic rings. The molecule has 0 aromatic heterocycles. The van der Waals surface area contributed by atoms with E-state index < -0.39 is 16.0 Å². The number of carboxylic acid groups (broad SMARTS) is 1. The van der Waals surface area contributed by atoms with Gasteiger partial charge in [-0.15, -0.1) is 0 Å². The summed E-state index contributed by atoms with van der Waals surface area (Å²) >= 11 is 0. The van der Waals surface area contributed by atoms with Gasteiger partial charge in [0.25, 0.3) is 0 Å². The van der Waals surface area contributed by atoms with E-state index >= 15 is 0 Å². The first-order valence-corrected chi connectivity index (χ1v) is 8.11. The molecule has 1 N–H and O–H groups in total. The standard InChI is InChI=1S/C14H19NO4S/c1-14(2)6-7-15(10-14)20(18,19)9-11-4-3-5-12(8-11)13(16)17/h3-5,8H,6-7,9-10H2,1-2H3,(H,16,17). The van der Waals surface area contributed by atoms with Crippen molar-refractivity contribution in [2.24, 2.45) is 5.41 Å². The second-order valence-electron chi connectivity index (χ2n) is 6.01. The highest BCUT2D eigenvalue weighted by atomic mass is 32.2. The van der Waals surface area contributed by atoms with Crippen LogP contribution in [0.1, 0.15) is 36.2 Å². The van der Waals surface area contributed by atoms with Crippen molar-refractivity contribution in [3.05, 3.63) is 35.4 Å². The first kappa shape index (κ1) is 15.0. The maximum atomic E-state index is 12.3. The molecule has 0 bridgehead atoms. The van der Waals surface area contributed by atoms with E-state index in [4.69, 9.17) is 5.11 Å². The number of sulfonamides is 1. The van der Waals surface area contributed by atoms with Crippen molar-refractivity contribution in [1.82, 2.24) is 4.31 Å². The normalized spacial score (nSPS) is 19.1. The molecule has 5 nitrogen and oxygen atoms in total. The van der Waals surface area contributed by atoms with Crippen LogP contribution in [-0.4, -0.2) is 36.9 Å². The molecule has 0 radical (unpaired) electrons. The lowest BCUT2D eigenvalue weighted by molar-refractivity contribution is 0.0696. The Labute approximate surface area is 119 Å². The molecule has 1 fully saturated rings. The Balaban J connectivity index is 2.17. The summed E-state index contributed by atoms with van der Waals surface area (Å²) in [4.78, 5) is 10.9. The molecule has 0 atom stereocenters. The minimum Gasteiger partial charge on any atom is -0.478 e. The van der Waals surface area contributed by atoms with Crippen LogP contribution in [0.25, 0.3) is 0 Å². The van der Waals surface area contributed by atoms with Crippen molar-refractivity contribution in [3.63, 3.8) is 0 Å². The fourth-order valence-electron chi connectivity index (χ4n) is 2.40. The van der Waals surface area contributed by atoms with Crippen LogP contribution in [-0.2, 0) is 15.8 Å². The summed E-state index contributed by atoms with van der Waals surface area (Å²) in [6.07, 6.45) is 0.849. The van der Waals surface area contributed by atoms with Gasteiger partial charge in [0, 0.05) is 13.1 Å². The van der Waals surface area contributed by atoms with Gasteiger partial charge in [-0.1, -0.05) is 26.0 Å². The highest BCUT2D eigenvalue weighted by Gasteiger charge is 2.35. The molecule has 6 heteroatoms. The van der Waals surface area contributed by atoms with Gasteiger partial charge in [-0.2, -0.15) is 0 Å². The summed E-state index contributed by atoms with van der Waals surface area (Å²) in [5, 5.41) is 8.93. The summed E-state index contributed by atoms with van der Waals surface area (Å²) in [6, 6.07) is 6.09. The SMILES string of the molecule is CC1(C)CCN(S(=O)(=O)Cc2cccc(C(=O)O)c2)C1. The molecule has 0 spiro atoms. The van der Waals surface area contributed by atoms with E-state index in [1.165, 1.54) is 16.4 Å². The quantitative estimate of drug-likeness (QED) is 0.921. The van der Waals surface area contributed by atoms with Crippen LogP contribution in [0.15, 0.2) is 24.3 Å². The van der Waals surface area contributed by atoms with Crippen molar-refractivity contribution in [3.8, 4) is 0 Å². The zero-order chi connectivity index (χ0) is 15.0. The lowest BCUT2D eigenvalue weighted by Gasteiger charge is -2.19. The van der Waals surface area contributed by atoms with E-state index in [1.54, 1.807) is 12.1 Å². The molecular formula is C14H19NO4S. The number of benzene rings is 1. The maximum Gasteiger partial charge on any atom is 0.335 e. The third kappa shape index (κ3) is 3.37. The molecular weight excluding hydrogens is 278 g/mol. The Bertz CT molecular complexity index is 622. The predicted octanol–water partition coefficient (Wildman–Crippen LogP) is 1.95. The van der Waals surface area contributed by atoms with Crippen LogP contribution < -0.4 is 0 Å². The van der Waals surface area contributed by atoms with Gasteiger partial charge in [0.2, 0.25) is 10.0 Å². The van der Waals surface area contributed by atoms with E-state index in [2.05, 4.69) is 0 Å². The Hall–Kier alpha value is -1.40. The molecule has 2 rings (SSSR count). The van der Waals surface area contributed by atoms with Gasteiger partial charge >= 0.3 is 5.97 Å². The highest BCUT2D eigenvalue weighted by molar-refractivity contribution is 7.88. The van der Waals surface area contributed by atoms with Gasteiger partial charge < -0.3 is 5.11 Å². The summed E-state index contributed by atoms with van der Waals surface area (Å²) in [5.74, 6) is -1.20. The lowest BCUT2D eigenvalue weighted by atomic mass is 9.93. The molecule has 20 heavy (non-hydrogen) atoms. The number of hydrogen-bond donors (Lipinski definition) is 1. The molecule has 1 aliphatic heterocycles. The molecule has 1 aromatic rings. The zero-order valence-corrected chi connectivity index (χ0v) is 12.5. The molecule has 1 saturated heterocycles. The smallest absolute Gasteiger partial charge is 0.335 e. The van der Waals surface area contributed by atoms with Crippen LogP contribution in [0.5, 0.6) is 0 Å². The van der Waals surface area contributed by atoms with E-state index in [9.17, 15) is 13.2 Å². The topological polar surface area (TPSA) is 74.7 Å².